The van der Waals surface area contributed by atoms with Gasteiger partial charge in [0, 0.05) is 16.7 Å². The van der Waals surface area contributed by atoms with E-state index in [-0.39, 0.29) is 0 Å². The number of aromatic nitrogens is 2. The van der Waals surface area contributed by atoms with Crippen LogP contribution in [0.1, 0.15) is 12.6 Å². The summed E-state index contributed by atoms with van der Waals surface area (Å²) < 4.78 is 0. The molecular formula is C13H13ClN2S. The minimum absolute atomic E-state index is 0.606. The summed E-state index contributed by atoms with van der Waals surface area (Å²) in [5, 5.41) is 0.606. The van der Waals surface area contributed by atoms with Crippen LogP contribution in [-0.4, -0.2) is 15.7 Å². The lowest BCUT2D eigenvalue weighted by Crippen LogP contribution is -1.93. The van der Waals surface area contributed by atoms with Gasteiger partial charge in [0.1, 0.15) is 0 Å². The zero-order chi connectivity index (χ0) is 12.3. The van der Waals surface area contributed by atoms with Crippen molar-refractivity contribution in [3.05, 3.63) is 41.2 Å². The van der Waals surface area contributed by atoms with Crippen molar-refractivity contribution in [2.45, 2.75) is 18.7 Å². The molecule has 0 spiro atoms. The number of halogens is 1. The maximum atomic E-state index is 5.94. The summed E-state index contributed by atoms with van der Waals surface area (Å²) in [5.74, 6) is 1.77. The topological polar surface area (TPSA) is 25.8 Å². The molecule has 0 saturated heterocycles. The lowest BCUT2D eigenvalue weighted by atomic mass is 10.2. The molecule has 1 aromatic heterocycles. The number of aryl methyl sites for hydroxylation is 1. The number of hydrogen-bond acceptors (Lipinski definition) is 3. The first-order valence-electron chi connectivity index (χ1n) is 5.43. The Labute approximate surface area is 110 Å². The van der Waals surface area contributed by atoms with Gasteiger partial charge in [0.2, 0.25) is 0 Å². The van der Waals surface area contributed by atoms with Crippen LogP contribution in [-0.2, 0) is 0 Å². The van der Waals surface area contributed by atoms with Gasteiger partial charge in [-0.05, 0) is 18.7 Å². The molecule has 2 rings (SSSR count). The van der Waals surface area contributed by atoms with E-state index in [1.54, 1.807) is 18.0 Å². The van der Waals surface area contributed by atoms with Crippen LogP contribution in [0.4, 0.5) is 0 Å². The molecule has 2 nitrogen and oxygen atoms in total. The quantitative estimate of drug-likeness (QED) is 0.777. The van der Waals surface area contributed by atoms with Gasteiger partial charge < -0.3 is 0 Å². The van der Waals surface area contributed by atoms with E-state index in [1.807, 2.05) is 25.1 Å². The molecule has 0 aliphatic rings. The van der Waals surface area contributed by atoms with Crippen LogP contribution in [0, 0.1) is 6.92 Å². The fourth-order valence-corrected chi connectivity index (χ4v) is 2.41. The van der Waals surface area contributed by atoms with Crippen LogP contribution in [0.15, 0.2) is 35.4 Å². The summed E-state index contributed by atoms with van der Waals surface area (Å²) in [7, 11) is 0. The van der Waals surface area contributed by atoms with E-state index in [1.165, 1.54) is 4.90 Å². The van der Waals surface area contributed by atoms with Gasteiger partial charge in [-0.15, -0.1) is 11.8 Å². The van der Waals surface area contributed by atoms with Crippen LogP contribution in [0.3, 0.4) is 0 Å². The Bertz CT molecular complexity index is 529. The fourth-order valence-electron chi connectivity index (χ4n) is 1.51. The van der Waals surface area contributed by atoms with Crippen molar-refractivity contribution in [1.82, 2.24) is 9.97 Å². The number of rotatable bonds is 3. The van der Waals surface area contributed by atoms with E-state index >= 15 is 0 Å². The Balaban J connectivity index is 2.48. The van der Waals surface area contributed by atoms with Gasteiger partial charge in [-0.1, -0.05) is 36.7 Å². The minimum atomic E-state index is 0.606. The predicted octanol–water partition coefficient (Wildman–Crippen LogP) is 4.22. The summed E-state index contributed by atoms with van der Waals surface area (Å²) in [4.78, 5) is 9.93. The molecule has 0 bridgehead atoms. The molecule has 0 amide bonds. The minimum Gasteiger partial charge on any atom is -0.235 e. The second-order valence-corrected chi connectivity index (χ2v) is 5.27. The van der Waals surface area contributed by atoms with Gasteiger partial charge in [-0.2, -0.15) is 0 Å². The average Bonchev–Trinajstić information content (AvgIpc) is 2.34. The smallest absolute Gasteiger partial charge is 0.160 e. The lowest BCUT2D eigenvalue weighted by Gasteiger charge is -2.07. The average molecular weight is 265 g/mol. The highest BCUT2D eigenvalue weighted by atomic mass is 35.5. The van der Waals surface area contributed by atoms with Gasteiger partial charge >= 0.3 is 0 Å². The van der Waals surface area contributed by atoms with Crippen molar-refractivity contribution in [2.24, 2.45) is 0 Å². The van der Waals surface area contributed by atoms with E-state index in [9.17, 15) is 0 Å². The zero-order valence-corrected chi connectivity index (χ0v) is 11.3. The Morgan fingerprint density at radius 3 is 2.76 bits per heavy atom. The maximum Gasteiger partial charge on any atom is 0.160 e. The summed E-state index contributed by atoms with van der Waals surface area (Å²) >= 11 is 7.73. The SMILES string of the molecule is CCSc1ccccc1-c1ncc(Cl)c(C)n1. The standard InChI is InChI=1S/C13H13ClN2S/c1-3-17-12-7-5-4-6-10(12)13-15-8-11(14)9(2)16-13/h4-8H,3H2,1-2H3. The molecule has 0 saturated carbocycles. The molecule has 0 N–H and O–H groups in total. The molecule has 0 aliphatic heterocycles. The summed E-state index contributed by atoms with van der Waals surface area (Å²) in [6.07, 6.45) is 1.66. The van der Waals surface area contributed by atoms with Crippen molar-refractivity contribution in [3.63, 3.8) is 0 Å². The molecule has 2 aromatic rings. The molecule has 0 radical (unpaired) electrons. The Morgan fingerprint density at radius 1 is 1.29 bits per heavy atom. The van der Waals surface area contributed by atoms with Gasteiger partial charge in [0.25, 0.3) is 0 Å². The second kappa shape index (κ2) is 5.52. The first kappa shape index (κ1) is 12.4. The molecule has 88 valence electrons. The van der Waals surface area contributed by atoms with E-state index < -0.39 is 0 Å². The first-order valence-corrected chi connectivity index (χ1v) is 6.80. The predicted molar refractivity (Wildman–Crippen MR) is 73.6 cm³/mol. The zero-order valence-electron chi connectivity index (χ0n) is 9.77. The van der Waals surface area contributed by atoms with E-state index in [0.717, 1.165) is 22.8 Å². The van der Waals surface area contributed by atoms with Crippen molar-refractivity contribution in [1.29, 1.82) is 0 Å². The normalized spacial score (nSPS) is 10.5. The van der Waals surface area contributed by atoms with Crippen LogP contribution in [0.2, 0.25) is 5.02 Å². The third kappa shape index (κ3) is 2.79. The molecule has 0 fully saturated rings. The molecular weight excluding hydrogens is 252 g/mol. The number of nitrogens with zero attached hydrogens (tertiary/aromatic N) is 2. The summed E-state index contributed by atoms with van der Waals surface area (Å²) in [6, 6.07) is 8.17. The molecule has 0 atom stereocenters. The van der Waals surface area contributed by atoms with E-state index in [0.29, 0.717) is 5.02 Å². The van der Waals surface area contributed by atoms with Crippen molar-refractivity contribution < 1.29 is 0 Å². The summed E-state index contributed by atoms with van der Waals surface area (Å²) in [5.41, 5.74) is 1.88. The molecule has 1 aromatic carbocycles. The lowest BCUT2D eigenvalue weighted by molar-refractivity contribution is 1.10. The Hall–Kier alpha value is -1.06. The third-order valence-corrected chi connectivity index (χ3v) is 3.67. The van der Waals surface area contributed by atoms with Crippen LogP contribution in [0.5, 0.6) is 0 Å². The molecule has 17 heavy (non-hydrogen) atoms. The van der Waals surface area contributed by atoms with Gasteiger partial charge in [0.15, 0.2) is 5.82 Å². The highest BCUT2D eigenvalue weighted by molar-refractivity contribution is 7.99. The van der Waals surface area contributed by atoms with Crippen molar-refractivity contribution >= 4 is 23.4 Å². The Kier molecular flexibility index (Phi) is 4.02. The van der Waals surface area contributed by atoms with Crippen LogP contribution >= 0.6 is 23.4 Å². The number of benzene rings is 1. The van der Waals surface area contributed by atoms with Gasteiger partial charge in [-0.3, -0.25) is 0 Å². The maximum absolute atomic E-state index is 5.94. The monoisotopic (exact) mass is 264 g/mol. The molecule has 4 heteroatoms. The molecule has 1 heterocycles. The highest BCUT2D eigenvalue weighted by Gasteiger charge is 2.08. The Morgan fingerprint density at radius 2 is 2.06 bits per heavy atom. The van der Waals surface area contributed by atoms with Gasteiger partial charge in [-0.25, -0.2) is 9.97 Å². The van der Waals surface area contributed by atoms with Crippen LogP contribution in [0.25, 0.3) is 11.4 Å². The largest absolute Gasteiger partial charge is 0.235 e. The molecule has 0 unspecified atom stereocenters. The van der Waals surface area contributed by atoms with Crippen molar-refractivity contribution in [3.8, 4) is 11.4 Å². The van der Waals surface area contributed by atoms with E-state index in [2.05, 4.69) is 23.0 Å². The highest BCUT2D eigenvalue weighted by Crippen LogP contribution is 2.29. The molecule has 0 aliphatic carbocycles. The van der Waals surface area contributed by atoms with Crippen molar-refractivity contribution in [2.75, 3.05) is 5.75 Å². The third-order valence-electron chi connectivity index (χ3n) is 2.35. The second-order valence-electron chi connectivity index (χ2n) is 3.56. The number of thioether (sulfide) groups is 1. The fraction of sp³-hybridized carbons (Fsp3) is 0.231. The van der Waals surface area contributed by atoms with Crippen LogP contribution < -0.4 is 0 Å². The summed E-state index contributed by atoms with van der Waals surface area (Å²) in [6.45, 7) is 4.03. The first-order chi connectivity index (χ1) is 8.22. The number of hydrogen-bond donors (Lipinski definition) is 0. The van der Waals surface area contributed by atoms with Gasteiger partial charge in [0.05, 0.1) is 10.7 Å². The van der Waals surface area contributed by atoms with E-state index in [4.69, 9.17) is 11.6 Å².